The molecule has 170 valence electrons. The molecule has 0 aliphatic heterocycles. The molecule has 1 heterocycles. The van der Waals surface area contributed by atoms with Crippen molar-refractivity contribution in [1.82, 2.24) is 14.9 Å². The number of nitrogens with zero attached hydrogens (tertiary/aromatic N) is 2. The van der Waals surface area contributed by atoms with Crippen molar-refractivity contribution in [3.8, 4) is 5.75 Å². The van der Waals surface area contributed by atoms with Gasteiger partial charge in [-0.15, -0.1) is 0 Å². The van der Waals surface area contributed by atoms with Crippen molar-refractivity contribution in [2.45, 2.75) is 39.3 Å². The number of hydrogen-bond acceptors (Lipinski definition) is 3. The van der Waals surface area contributed by atoms with Gasteiger partial charge in [-0.25, -0.2) is 4.98 Å². The van der Waals surface area contributed by atoms with Gasteiger partial charge < -0.3 is 14.6 Å². The highest BCUT2D eigenvalue weighted by molar-refractivity contribution is 6.31. The molecule has 0 radical (unpaired) electrons. The van der Waals surface area contributed by atoms with Crippen LogP contribution in [-0.2, 0) is 24.3 Å². The summed E-state index contributed by atoms with van der Waals surface area (Å²) in [6.07, 6.45) is 2.00. The molecule has 4 aromatic rings. The van der Waals surface area contributed by atoms with E-state index in [1.807, 2.05) is 73.7 Å². The van der Waals surface area contributed by atoms with Crippen LogP contribution in [0.1, 0.15) is 29.8 Å². The number of aryl methyl sites for hydroxylation is 3. The summed E-state index contributed by atoms with van der Waals surface area (Å²) in [7, 11) is 0. The van der Waals surface area contributed by atoms with Crippen LogP contribution in [0, 0.1) is 6.92 Å². The summed E-state index contributed by atoms with van der Waals surface area (Å²) in [4.78, 5) is 17.2. The fraction of sp³-hybridized carbons (Fsp3) is 0.259. The van der Waals surface area contributed by atoms with Crippen molar-refractivity contribution >= 4 is 28.5 Å². The van der Waals surface area contributed by atoms with Gasteiger partial charge in [-0.3, -0.25) is 4.79 Å². The molecule has 1 aromatic heterocycles. The molecule has 0 bridgehead atoms. The molecular weight excluding hydrogens is 434 g/mol. The third kappa shape index (κ3) is 6.14. The predicted octanol–water partition coefficient (Wildman–Crippen LogP) is 5.72. The van der Waals surface area contributed by atoms with Gasteiger partial charge in [-0.05, 0) is 61.2 Å². The van der Waals surface area contributed by atoms with Crippen LogP contribution < -0.4 is 10.1 Å². The minimum atomic E-state index is 0.0268. The first kappa shape index (κ1) is 22.9. The van der Waals surface area contributed by atoms with Gasteiger partial charge in [-0.1, -0.05) is 54.1 Å². The van der Waals surface area contributed by atoms with E-state index in [1.54, 1.807) is 0 Å². The maximum atomic E-state index is 12.4. The van der Waals surface area contributed by atoms with Gasteiger partial charge in [0, 0.05) is 18.0 Å². The number of benzene rings is 3. The Kier molecular flexibility index (Phi) is 7.63. The second-order valence-electron chi connectivity index (χ2n) is 8.04. The second kappa shape index (κ2) is 11.0. The second-order valence-corrected chi connectivity index (χ2v) is 8.45. The first-order valence-electron chi connectivity index (χ1n) is 11.2. The monoisotopic (exact) mass is 461 g/mol. The molecule has 0 aliphatic carbocycles. The maximum absolute atomic E-state index is 12.4. The number of carbonyl (C=O) groups is 1. The SMILES string of the molecule is Cc1cc(OCCCn2c(CNC(=O)CCc3ccccc3)nc3ccccc32)ccc1Cl. The minimum absolute atomic E-state index is 0.0268. The molecule has 3 aromatic carbocycles. The number of ether oxygens (including phenoxy) is 1. The van der Waals surface area contributed by atoms with E-state index in [9.17, 15) is 4.79 Å². The third-order valence-electron chi connectivity index (χ3n) is 5.59. The molecule has 33 heavy (non-hydrogen) atoms. The Morgan fingerprint density at radius 3 is 2.67 bits per heavy atom. The first-order valence-corrected chi connectivity index (χ1v) is 11.6. The van der Waals surface area contributed by atoms with E-state index in [1.165, 1.54) is 0 Å². The standard InChI is InChI=1S/C27H28ClN3O2/c1-20-18-22(13-14-23(20)28)33-17-7-16-31-25-11-6-5-10-24(25)30-26(31)19-29-27(32)15-12-21-8-3-2-4-9-21/h2-6,8-11,13-14,18H,7,12,15-17,19H2,1H3,(H,29,32). The summed E-state index contributed by atoms with van der Waals surface area (Å²) >= 11 is 6.09. The van der Waals surface area contributed by atoms with E-state index in [0.717, 1.165) is 58.1 Å². The first-order chi connectivity index (χ1) is 16.1. The molecule has 0 aliphatic rings. The van der Waals surface area contributed by atoms with Crippen molar-refractivity contribution in [3.63, 3.8) is 0 Å². The molecular formula is C27H28ClN3O2. The molecule has 0 saturated carbocycles. The highest BCUT2D eigenvalue weighted by atomic mass is 35.5. The normalized spacial score (nSPS) is 11.0. The Morgan fingerprint density at radius 1 is 1.06 bits per heavy atom. The average Bonchev–Trinajstić information content (AvgIpc) is 3.19. The van der Waals surface area contributed by atoms with E-state index in [4.69, 9.17) is 21.3 Å². The zero-order chi connectivity index (χ0) is 23.0. The van der Waals surface area contributed by atoms with Crippen molar-refractivity contribution in [2.75, 3.05) is 6.61 Å². The summed E-state index contributed by atoms with van der Waals surface area (Å²) in [5, 5.41) is 3.77. The van der Waals surface area contributed by atoms with Crippen molar-refractivity contribution in [1.29, 1.82) is 0 Å². The molecule has 6 heteroatoms. The number of carbonyl (C=O) groups excluding carboxylic acids is 1. The Hall–Kier alpha value is -3.31. The fourth-order valence-electron chi connectivity index (χ4n) is 3.80. The molecule has 0 atom stereocenters. The van der Waals surface area contributed by atoms with Gasteiger partial charge in [0.2, 0.25) is 5.91 Å². The van der Waals surface area contributed by atoms with Crippen LogP contribution in [0.2, 0.25) is 5.02 Å². The lowest BCUT2D eigenvalue weighted by Gasteiger charge is -2.12. The summed E-state index contributed by atoms with van der Waals surface area (Å²) in [5.74, 6) is 1.70. The molecule has 5 nitrogen and oxygen atoms in total. The van der Waals surface area contributed by atoms with E-state index in [0.29, 0.717) is 19.6 Å². The quantitative estimate of drug-likeness (QED) is 0.307. The number of halogens is 1. The highest BCUT2D eigenvalue weighted by Crippen LogP contribution is 2.21. The Labute approximate surface area is 199 Å². The largest absolute Gasteiger partial charge is 0.494 e. The number of nitrogens with one attached hydrogen (secondary N) is 1. The van der Waals surface area contributed by atoms with Gasteiger partial charge in [0.1, 0.15) is 11.6 Å². The van der Waals surface area contributed by atoms with E-state index in [-0.39, 0.29) is 5.91 Å². The molecule has 4 rings (SSSR count). The summed E-state index contributed by atoms with van der Waals surface area (Å²) in [6, 6.07) is 23.8. The van der Waals surface area contributed by atoms with Crippen molar-refractivity contribution in [3.05, 3.63) is 94.8 Å². The van der Waals surface area contributed by atoms with Crippen LogP contribution >= 0.6 is 11.6 Å². The Bertz CT molecular complexity index is 1220. The van der Waals surface area contributed by atoms with Gasteiger partial charge in [0.25, 0.3) is 0 Å². The smallest absolute Gasteiger partial charge is 0.220 e. The number of para-hydroxylation sites is 2. The Balaban J connectivity index is 1.34. The van der Waals surface area contributed by atoms with Gasteiger partial charge in [0.05, 0.1) is 24.2 Å². The van der Waals surface area contributed by atoms with Crippen LogP contribution in [0.4, 0.5) is 0 Å². The van der Waals surface area contributed by atoms with Crippen molar-refractivity contribution < 1.29 is 9.53 Å². The number of rotatable bonds is 10. The Morgan fingerprint density at radius 2 is 1.85 bits per heavy atom. The van der Waals surface area contributed by atoms with Crippen molar-refractivity contribution in [2.24, 2.45) is 0 Å². The molecule has 0 unspecified atom stereocenters. The molecule has 0 spiro atoms. The lowest BCUT2D eigenvalue weighted by molar-refractivity contribution is -0.121. The maximum Gasteiger partial charge on any atom is 0.220 e. The number of hydrogen-bond donors (Lipinski definition) is 1. The van der Waals surface area contributed by atoms with Crippen LogP contribution in [0.15, 0.2) is 72.8 Å². The highest BCUT2D eigenvalue weighted by Gasteiger charge is 2.12. The lowest BCUT2D eigenvalue weighted by atomic mass is 10.1. The number of amides is 1. The van der Waals surface area contributed by atoms with Crippen LogP contribution in [0.25, 0.3) is 11.0 Å². The molecule has 1 N–H and O–H groups in total. The average molecular weight is 462 g/mol. The number of fused-ring (bicyclic) bond motifs is 1. The van der Waals surface area contributed by atoms with Gasteiger partial charge in [-0.2, -0.15) is 0 Å². The molecule has 0 fully saturated rings. The number of aromatic nitrogens is 2. The zero-order valence-electron chi connectivity index (χ0n) is 18.8. The van der Waals surface area contributed by atoms with E-state index < -0.39 is 0 Å². The van der Waals surface area contributed by atoms with Gasteiger partial charge in [0.15, 0.2) is 0 Å². The lowest BCUT2D eigenvalue weighted by Crippen LogP contribution is -2.25. The van der Waals surface area contributed by atoms with Crippen LogP contribution in [0.3, 0.4) is 0 Å². The summed E-state index contributed by atoms with van der Waals surface area (Å²) < 4.78 is 8.07. The molecule has 0 saturated heterocycles. The predicted molar refractivity (Wildman–Crippen MR) is 133 cm³/mol. The van der Waals surface area contributed by atoms with Crippen LogP contribution in [-0.4, -0.2) is 22.1 Å². The number of imidazole rings is 1. The van der Waals surface area contributed by atoms with Crippen LogP contribution in [0.5, 0.6) is 5.75 Å². The zero-order valence-corrected chi connectivity index (χ0v) is 19.5. The fourth-order valence-corrected chi connectivity index (χ4v) is 3.92. The van der Waals surface area contributed by atoms with E-state index >= 15 is 0 Å². The van der Waals surface area contributed by atoms with E-state index in [2.05, 4.69) is 16.0 Å². The summed E-state index contributed by atoms with van der Waals surface area (Å²) in [6.45, 7) is 3.70. The topological polar surface area (TPSA) is 56.1 Å². The summed E-state index contributed by atoms with van der Waals surface area (Å²) in [5.41, 5.74) is 4.16. The third-order valence-corrected chi connectivity index (χ3v) is 6.01. The minimum Gasteiger partial charge on any atom is -0.494 e. The molecule has 1 amide bonds. The van der Waals surface area contributed by atoms with Gasteiger partial charge >= 0.3 is 0 Å².